The number of aryl methyl sites for hydroxylation is 1. The molecule has 5 nitrogen and oxygen atoms in total. The normalized spacial score (nSPS) is 28.2. The van der Waals surface area contributed by atoms with Crippen LogP contribution < -0.4 is 10.5 Å². The number of fused-ring (bicyclic) bond motifs is 1. The Balaban J connectivity index is 1.59. The van der Waals surface area contributed by atoms with Gasteiger partial charge in [-0.05, 0) is 64.0 Å². The highest BCUT2D eigenvalue weighted by molar-refractivity contribution is 5.84. The highest BCUT2D eigenvalue weighted by Crippen LogP contribution is 2.33. The van der Waals surface area contributed by atoms with Crippen LogP contribution in [0.5, 0.6) is 5.75 Å². The molecule has 2 fully saturated rings. The summed E-state index contributed by atoms with van der Waals surface area (Å²) in [4.78, 5) is 0. The topological polar surface area (TPSA) is 62.3 Å². The van der Waals surface area contributed by atoms with Crippen molar-refractivity contribution in [3.63, 3.8) is 0 Å². The fourth-order valence-corrected chi connectivity index (χ4v) is 3.98. The number of hydrogen-bond acceptors (Lipinski definition) is 4. The van der Waals surface area contributed by atoms with Crippen LogP contribution in [0.2, 0.25) is 0 Å². The number of aromatic nitrogens is 2. The molecule has 24 heavy (non-hydrogen) atoms. The van der Waals surface area contributed by atoms with Crippen LogP contribution in [0.15, 0.2) is 18.3 Å². The third-order valence-electron chi connectivity index (χ3n) is 5.39. The van der Waals surface area contributed by atoms with Crippen LogP contribution in [-0.4, -0.2) is 28.5 Å². The van der Waals surface area contributed by atoms with Gasteiger partial charge in [-0.1, -0.05) is 0 Å². The lowest BCUT2D eigenvalue weighted by Gasteiger charge is -2.28. The molecule has 1 saturated heterocycles. The summed E-state index contributed by atoms with van der Waals surface area (Å²) in [6.45, 7) is 2.95. The fourth-order valence-electron chi connectivity index (χ4n) is 3.98. The molecule has 1 aromatic heterocycles. The molecule has 3 atom stereocenters. The first kappa shape index (κ1) is 15.9. The quantitative estimate of drug-likeness (QED) is 0.933. The van der Waals surface area contributed by atoms with Crippen LogP contribution >= 0.6 is 0 Å². The predicted octanol–water partition coefficient (Wildman–Crippen LogP) is 3.69. The molecule has 2 aliphatic rings. The maximum Gasteiger partial charge on any atom is 0.150 e. The van der Waals surface area contributed by atoms with E-state index >= 15 is 0 Å². The minimum Gasteiger partial charge on any atom is -0.490 e. The molecule has 1 aliphatic heterocycles. The van der Waals surface area contributed by atoms with E-state index in [1.54, 1.807) is 0 Å². The molecule has 2 N–H and O–H groups in total. The maximum atomic E-state index is 6.27. The Hall–Kier alpha value is -1.59. The number of nitrogens with two attached hydrogens (primary N) is 1. The molecule has 0 amide bonds. The molecule has 2 heterocycles. The summed E-state index contributed by atoms with van der Waals surface area (Å²) in [5.74, 6) is 0.964. The first-order valence-corrected chi connectivity index (χ1v) is 9.23. The van der Waals surface area contributed by atoms with Gasteiger partial charge >= 0.3 is 0 Å². The Morgan fingerprint density at radius 2 is 2.12 bits per heavy atom. The van der Waals surface area contributed by atoms with Crippen molar-refractivity contribution >= 4 is 10.9 Å². The van der Waals surface area contributed by atoms with Crippen molar-refractivity contribution in [3.05, 3.63) is 23.9 Å². The van der Waals surface area contributed by atoms with Crippen LogP contribution in [0.1, 0.15) is 56.7 Å². The summed E-state index contributed by atoms with van der Waals surface area (Å²) in [7, 11) is 0. The number of ether oxygens (including phenoxy) is 2. The van der Waals surface area contributed by atoms with E-state index in [1.165, 1.54) is 6.42 Å². The van der Waals surface area contributed by atoms with Gasteiger partial charge in [-0.25, -0.2) is 4.68 Å². The molecule has 0 radical (unpaired) electrons. The molecule has 1 saturated carbocycles. The third kappa shape index (κ3) is 3.03. The first-order chi connectivity index (χ1) is 11.7. The van der Waals surface area contributed by atoms with E-state index in [0.717, 1.165) is 67.3 Å². The predicted molar refractivity (Wildman–Crippen MR) is 94.2 cm³/mol. The smallest absolute Gasteiger partial charge is 0.150 e. The second-order valence-electron chi connectivity index (χ2n) is 7.20. The Morgan fingerprint density at radius 3 is 2.92 bits per heavy atom. The molecule has 130 valence electrons. The summed E-state index contributed by atoms with van der Waals surface area (Å²) in [6.07, 6.45) is 9.96. The molecule has 0 spiro atoms. The number of nitrogens with zero attached hydrogens (tertiary/aromatic N) is 2. The van der Waals surface area contributed by atoms with Crippen molar-refractivity contribution in [3.8, 4) is 5.75 Å². The summed E-state index contributed by atoms with van der Waals surface area (Å²) in [5, 5.41) is 5.75. The zero-order chi connectivity index (χ0) is 16.5. The second kappa shape index (κ2) is 6.73. The van der Waals surface area contributed by atoms with Crippen molar-refractivity contribution < 1.29 is 9.47 Å². The van der Waals surface area contributed by atoms with Crippen LogP contribution in [0, 0.1) is 6.92 Å². The second-order valence-corrected chi connectivity index (χ2v) is 7.20. The van der Waals surface area contributed by atoms with E-state index in [9.17, 15) is 0 Å². The van der Waals surface area contributed by atoms with Gasteiger partial charge in [0.2, 0.25) is 0 Å². The lowest BCUT2D eigenvalue weighted by molar-refractivity contribution is -0.0366. The average Bonchev–Trinajstić information content (AvgIpc) is 3.03. The highest BCUT2D eigenvalue weighted by atomic mass is 16.5. The lowest BCUT2D eigenvalue weighted by atomic mass is 9.93. The van der Waals surface area contributed by atoms with Gasteiger partial charge in [0.1, 0.15) is 11.9 Å². The molecule has 1 aliphatic carbocycles. The largest absolute Gasteiger partial charge is 0.490 e. The molecule has 0 bridgehead atoms. The van der Waals surface area contributed by atoms with E-state index in [4.69, 9.17) is 15.2 Å². The Bertz CT molecular complexity index is 706. The van der Waals surface area contributed by atoms with Gasteiger partial charge in [0.15, 0.2) is 6.23 Å². The fraction of sp³-hybridized carbons (Fsp3) is 0.632. The van der Waals surface area contributed by atoms with Crippen LogP contribution in [-0.2, 0) is 4.74 Å². The standard InChI is InChI=1S/C19H27N3O2/c1-13-16-12-21-22(19-7-2-3-10-23-19)17(16)8-9-18(13)24-15-6-4-5-14(20)11-15/h8-9,12,14-15,19H,2-7,10-11,20H2,1H3/t14-,15+,19?/m1/s1. The van der Waals surface area contributed by atoms with Gasteiger partial charge in [-0.3, -0.25) is 0 Å². The van der Waals surface area contributed by atoms with E-state index in [2.05, 4.69) is 24.2 Å². The Kier molecular flexibility index (Phi) is 4.46. The summed E-state index contributed by atoms with van der Waals surface area (Å²) < 4.78 is 14.2. The van der Waals surface area contributed by atoms with Gasteiger partial charge < -0.3 is 15.2 Å². The number of hydrogen-bond donors (Lipinski definition) is 1. The van der Waals surface area contributed by atoms with Gasteiger partial charge in [-0.15, -0.1) is 0 Å². The molecule has 1 unspecified atom stereocenters. The van der Waals surface area contributed by atoms with Crippen molar-refractivity contribution in [2.24, 2.45) is 5.73 Å². The van der Waals surface area contributed by atoms with Crippen molar-refractivity contribution in [1.29, 1.82) is 0 Å². The highest BCUT2D eigenvalue weighted by Gasteiger charge is 2.23. The van der Waals surface area contributed by atoms with Crippen LogP contribution in [0.4, 0.5) is 0 Å². The van der Waals surface area contributed by atoms with Gasteiger partial charge in [0.25, 0.3) is 0 Å². The van der Waals surface area contributed by atoms with Gasteiger partial charge in [0.05, 0.1) is 11.7 Å². The molecule has 2 aromatic rings. The summed E-state index contributed by atoms with van der Waals surface area (Å²) in [6, 6.07) is 4.48. The Morgan fingerprint density at radius 1 is 1.21 bits per heavy atom. The van der Waals surface area contributed by atoms with E-state index < -0.39 is 0 Å². The van der Waals surface area contributed by atoms with Gasteiger partial charge in [0, 0.05) is 23.6 Å². The van der Waals surface area contributed by atoms with E-state index in [0.29, 0.717) is 0 Å². The van der Waals surface area contributed by atoms with Crippen molar-refractivity contribution in [2.75, 3.05) is 6.61 Å². The zero-order valence-corrected chi connectivity index (χ0v) is 14.4. The van der Waals surface area contributed by atoms with Crippen molar-refractivity contribution in [1.82, 2.24) is 9.78 Å². The monoisotopic (exact) mass is 329 g/mol. The minimum absolute atomic E-state index is 0.0683. The van der Waals surface area contributed by atoms with E-state index in [1.807, 2.05) is 10.9 Å². The molecule has 1 aromatic carbocycles. The number of benzene rings is 1. The molecule has 5 heteroatoms. The minimum atomic E-state index is 0.0683. The average molecular weight is 329 g/mol. The summed E-state index contributed by atoms with van der Waals surface area (Å²) in [5.41, 5.74) is 8.38. The maximum absolute atomic E-state index is 6.27. The van der Waals surface area contributed by atoms with E-state index in [-0.39, 0.29) is 18.4 Å². The van der Waals surface area contributed by atoms with Crippen LogP contribution in [0.25, 0.3) is 10.9 Å². The first-order valence-electron chi connectivity index (χ1n) is 9.23. The Labute approximate surface area is 143 Å². The summed E-state index contributed by atoms with van der Waals surface area (Å²) >= 11 is 0. The number of rotatable bonds is 3. The SMILES string of the molecule is Cc1c(O[C@H]2CCC[C@@H](N)C2)ccc2c1cnn2C1CCCCO1. The van der Waals surface area contributed by atoms with Crippen molar-refractivity contribution in [2.45, 2.75) is 70.2 Å². The molecule has 4 rings (SSSR count). The van der Waals surface area contributed by atoms with Gasteiger partial charge in [-0.2, -0.15) is 5.10 Å². The van der Waals surface area contributed by atoms with Crippen LogP contribution in [0.3, 0.4) is 0 Å². The lowest BCUT2D eigenvalue weighted by Crippen LogP contribution is -2.33. The zero-order valence-electron chi connectivity index (χ0n) is 14.4. The molecular weight excluding hydrogens is 302 g/mol. The third-order valence-corrected chi connectivity index (χ3v) is 5.39. The molecular formula is C19H27N3O2.